The second kappa shape index (κ2) is 12.3. The fourth-order valence-electron chi connectivity index (χ4n) is 5.39. The molecule has 1 aliphatic rings. The van der Waals surface area contributed by atoms with Crippen molar-refractivity contribution in [3.05, 3.63) is 82.4 Å². The van der Waals surface area contributed by atoms with E-state index in [0.717, 1.165) is 59.6 Å². The van der Waals surface area contributed by atoms with Crippen LogP contribution in [0.4, 0.5) is 10.1 Å². The molecular formula is C34H43FN2O4. The molecule has 1 atom stereocenters. The van der Waals surface area contributed by atoms with Crippen molar-refractivity contribution in [2.45, 2.75) is 86.2 Å². The van der Waals surface area contributed by atoms with Gasteiger partial charge in [-0.15, -0.1) is 0 Å². The van der Waals surface area contributed by atoms with Crippen molar-refractivity contribution in [1.82, 2.24) is 4.98 Å². The number of carboxylic acids is 1. The molecule has 3 aromatic rings. The van der Waals surface area contributed by atoms with Crippen molar-refractivity contribution in [2.24, 2.45) is 5.41 Å². The van der Waals surface area contributed by atoms with Gasteiger partial charge in [-0.25, -0.2) is 9.18 Å². The third kappa shape index (κ3) is 7.72. The number of piperidine rings is 1. The zero-order valence-corrected chi connectivity index (χ0v) is 25.4. The number of anilines is 1. The third-order valence-corrected chi connectivity index (χ3v) is 7.66. The van der Waals surface area contributed by atoms with Gasteiger partial charge in [-0.2, -0.15) is 0 Å². The Morgan fingerprint density at radius 3 is 2.02 bits per heavy atom. The van der Waals surface area contributed by atoms with Crippen molar-refractivity contribution in [2.75, 3.05) is 18.0 Å². The third-order valence-electron chi connectivity index (χ3n) is 7.66. The van der Waals surface area contributed by atoms with E-state index in [1.165, 1.54) is 12.1 Å². The fourth-order valence-corrected chi connectivity index (χ4v) is 5.39. The number of aryl methyl sites for hydroxylation is 2. The Kier molecular flexibility index (Phi) is 9.19. The van der Waals surface area contributed by atoms with Gasteiger partial charge in [0.05, 0.1) is 24.5 Å². The first-order valence-electron chi connectivity index (χ1n) is 14.3. The van der Waals surface area contributed by atoms with Crippen molar-refractivity contribution in [1.29, 1.82) is 0 Å². The number of benzene rings is 2. The number of carbonyl (C=O) groups is 1. The molecule has 0 amide bonds. The van der Waals surface area contributed by atoms with Crippen molar-refractivity contribution in [3.63, 3.8) is 0 Å². The summed E-state index contributed by atoms with van der Waals surface area (Å²) in [4.78, 5) is 19.9. The lowest BCUT2D eigenvalue weighted by atomic mass is 9.81. The van der Waals surface area contributed by atoms with Crippen LogP contribution in [-0.4, -0.2) is 34.8 Å². The second-order valence-electron chi connectivity index (χ2n) is 12.8. The van der Waals surface area contributed by atoms with Crippen LogP contribution < -0.4 is 4.90 Å². The molecule has 1 aliphatic heterocycles. The zero-order chi connectivity index (χ0) is 29.9. The molecule has 1 unspecified atom stereocenters. The molecule has 0 radical (unpaired) electrons. The summed E-state index contributed by atoms with van der Waals surface area (Å²) < 4.78 is 25.2. The number of ether oxygens (including phenoxy) is 2. The second-order valence-corrected chi connectivity index (χ2v) is 12.8. The van der Waals surface area contributed by atoms with E-state index in [9.17, 15) is 14.3 Å². The Bertz CT molecular complexity index is 1350. The van der Waals surface area contributed by atoms with Crippen molar-refractivity contribution >= 4 is 11.7 Å². The summed E-state index contributed by atoms with van der Waals surface area (Å²) in [5, 5.41) is 10.4. The summed E-state index contributed by atoms with van der Waals surface area (Å²) >= 11 is 0. The van der Waals surface area contributed by atoms with Gasteiger partial charge in [0, 0.05) is 35.6 Å². The van der Waals surface area contributed by atoms with Crippen LogP contribution >= 0.6 is 0 Å². The summed E-state index contributed by atoms with van der Waals surface area (Å²) in [6, 6.07) is 14.5. The van der Waals surface area contributed by atoms with Gasteiger partial charge in [0.2, 0.25) is 0 Å². The Morgan fingerprint density at radius 2 is 1.51 bits per heavy atom. The van der Waals surface area contributed by atoms with Crippen LogP contribution in [-0.2, 0) is 27.5 Å². The molecule has 6 nitrogen and oxygen atoms in total. The maximum atomic E-state index is 13.2. The van der Waals surface area contributed by atoms with Crippen LogP contribution in [0.15, 0.2) is 48.5 Å². The minimum Gasteiger partial charge on any atom is -0.479 e. The Balaban J connectivity index is 1.71. The molecule has 1 saturated heterocycles. The van der Waals surface area contributed by atoms with Crippen LogP contribution in [0, 0.1) is 25.1 Å². The highest BCUT2D eigenvalue weighted by atomic mass is 19.1. The van der Waals surface area contributed by atoms with E-state index in [4.69, 9.17) is 14.5 Å². The predicted molar refractivity (Wildman–Crippen MR) is 160 cm³/mol. The fraction of sp³-hybridized carbons (Fsp3) is 0.471. The minimum absolute atomic E-state index is 0.234. The quantitative estimate of drug-likeness (QED) is 0.287. The van der Waals surface area contributed by atoms with Gasteiger partial charge in [-0.05, 0) is 81.7 Å². The summed E-state index contributed by atoms with van der Waals surface area (Å²) in [5.41, 5.74) is 6.47. The maximum Gasteiger partial charge on any atom is 0.337 e. The van der Waals surface area contributed by atoms with E-state index in [-0.39, 0.29) is 11.2 Å². The highest BCUT2D eigenvalue weighted by Gasteiger charge is 2.36. The first kappa shape index (κ1) is 30.7. The molecule has 0 aliphatic carbocycles. The Labute approximate surface area is 243 Å². The van der Waals surface area contributed by atoms with Gasteiger partial charge in [0.15, 0.2) is 6.10 Å². The number of hydrogen-bond donors (Lipinski definition) is 1. The molecule has 41 heavy (non-hydrogen) atoms. The number of rotatable bonds is 9. The average molecular weight is 563 g/mol. The number of halogens is 1. The summed E-state index contributed by atoms with van der Waals surface area (Å²) in [6.07, 6.45) is 0.870. The van der Waals surface area contributed by atoms with Crippen molar-refractivity contribution < 1.29 is 23.8 Å². The van der Waals surface area contributed by atoms with Crippen LogP contribution in [0.3, 0.4) is 0 Å². The van der Waals surface area contributed by atoms with Gasteiger partial charge in [-0.3, -0.25) is 4.98 Å². The summed E-state index contributed by atoms with van der Waals surface area (Å²) in [7, 11) is 0. The van der Waals surface area contributed by atoms with Crippen LogP contribution in [0.1, 0.15) is 81.6 Å². The average Bonchev–Trinajstić information content (AvgIpc) is 2.88. The SMILES string of the molecule is Cc1nc(C)c(C(OC(C)(C)C)C(=O)O)c(N2CCC(C)(C)CC2)c1-c1ccc(COCc2ccc(F)cc2)cc1. The molecule has 0 saturated carbocycles. The van der Waals surface area contributed by atoms with Gasteiger partial charge in [-0.1, -0.05) is 50.2 Å². The van der Waals surface area contributed by atoms with E-state index in [2.05, 4.69) is 30.9 Å². The van der Waals surface area contributed by atoms with Crippen LogP contribution in [0.5, 0.6) is 0 Å². The number of nitrogens with zero attached hydrogens (tertiary/aromatic N) is 2. The number of pyridine rings is 1. The minimum atomic E-state index is -1.15. The molecular weight excluding hydrogens is 519 g/mol. The summed E-state index contributed by atoms with van der Waals surface area (Å²) in [5.74, 6) is -1.28. The van der Waals surface area contributed by atoms with Crippen molar-refractivity contribution in [3.8, 4) is 11.1 Å². The van der Waals surface area contributed by atoms with E-state index >= 15 is 0 Å². The molecule has 4 rings (SSSR count). The van der Waals surface area contributed by atoms with E-state index < -0.39 is 17.7 Å². The van der Waals surface area contributed by atoms with E-state index in [1.807, 2.05) is 46.8 Å². The topological polar surface area (TPSA) is 71.9 Å². The van der Waals surface area contributed by atoms with Crippen LogP contribution in [0.2, 0.25) is 0 Å². The normalized spacial score (nSPS) is 16.0. The molecule has 220 valence electrons. The maximum absolute atomic E-state index is 13.2. The molecule has 7 heteroatoms. The first-order valence-corrected chi connectivity index (χ1v) is 14.3. The molecule has 1 aromatic heterocycles. The zero-order valence-electron chi connectivity index (χ0n) is 25.4. The predicted octanol–water partition coefficient (Wildman–Crippen LogP) is 7.79. The molecule has 1 fully saturated rings. The Morgan fingerprint density at radius 1 is 0.976 bits per heavy atom. The number of aromatic nitrogens is 1. The van der Waals surface area contributed by atoms with Gasteiger partial charge < -0.3 is 19.5 Å². The number of aliphatic carboxylic acids is 1. The lowest BCUT2D eigenvalue weighted by Gasteiger charge is -2.41. The van der Waals surface area contributed by atoms with E-state index in [1.54, 1.807) is 12.1 Å². The van der Waals surface area contributed by atoms with Crippen LogP contribution in [0.25, 0.3) is 11.1 Å². The first-order chi connectivity index (χ1) is 19.2. The number of carboxylic acid groups (broad SMARTS) is 1. The lowest BCUT2D eigenvalue weighted by molar-refractivity contribution is -0.160. The Hall–Kier alpha value is -3.29. The van der Waals surface area contributed by atoms with E-state index in [0.29, 0.717) is 24.5 Å². The standard InChI is InChI=1S/C34H43FN2O4/c1-22-28(26-12-8-24(9-13-26)20-40-21-25-10-14-27(35)15-11-25)30(37-18-16-34(6,7)17-19-37)29(23(2)36-22)31(32(38)39)41-33(3,4)5/h8-15,31H,16-21H2,1-7H3,(H,38,39). The summed E-state index contributed by atoms with van der Waals surface area (Å²) in [6.45, 7) is 16.5. The highest BCUT2D eigenvalue weighted by Crippen LogP contribution is 2.44. The number of hydrogen-bond acceptors (Lipinski definition) is 5. The molecule has 2 heterocycles. The molecule has 0 spiro atoms. The monoisotopic (exact) mass is 562 g/mol. The van der Waals surface area contributed by atoms with Gasteiger partial charge in [0.25, 0.3) is 0 Å². The molecule has 0 bridgehead atoms. The molecule has 2 aromatic carbocycles. The van der Waals surface area contributed by atoms with Gasteiger partial charge >= 0.3 is 5.97 Å². The largest absolute Gasteiger partial charge is 0.479 e. The smallest absolute Gasteiger partial charge is 0.337 e. The lowest BCUT2D eigenvalue weighted by Crippen LogP contribution is -2.39. The molecule has 1 N–H and O–H groups in total. The van der Waals surface area contributed by atoms with Gasteiger partial charge in [0.1, 0.15) is 5.82 Å². The highest BCUT2D eigenvalue weighted by molar-refractivity contribution is 5.88.